The van der Waals surface area contributed by atoms with Crippen molar-refractivity contribution in [3.05, 3.63) is 24.3 Å². The zero-order chi connectivity index (χ0) is 15.1. The van der Waals surface area contributed by atoms with E-state index in [1.54, 1.807) is 18.2 Å². The number of hydrogen-bond acceptors (Lipinski definition) is 5. The highest BCUT2D eigenvalue weighted by atomic mass is 32.2. The number of nitrogens with one attached hydrogen (secondary N) is 3. The van der Waals surface area contributed by atoms with Gasteiger partial charge in [0, 0.05) is 25.7 Å². The maximum absolute atomic E-state index is 12.3. The van der Waals surface area contributed by atoms with Crippen molar-refractivity contribution >= 4 is 15.7 Å². The lowest BCUT2D eigenvalue weighted by Crippen LogP contribution is -2.45. The van der Waals surface area contributed by atoms with E-state index in [0.29, 0.717) is 25.4 Å². The Morgan fingerprint density at radius 2 is 2.19 bits per heavy atom. The summed E-state index contributed by atoms with van der Waals surface area (Å²) in [4.78, 5) is 0.287. The van der Waals surface area contributed by atoms with Crippen LogP contribution in [0.5, 0.6) is 0 Å². The molecule has 0 radical (unpaired) electrons. The van der Waals surface area contributed by atoms with Gasteiger partial charge in [-0.2, -0.15) is 0 Å². The highest BCUT2D eigenvalue weighted by Crippen LogP contribution is 2.20. The van der Waals surface area contributed by atoms with E-state index in [0.717, 1.165) is 19.6 Å². The van der Waals surface area contributed by atoms with Gasteiger partial charge in [-0.15, -0.1) is 0 Å². The van der Waals surface area contributed by atoms with Crippen molar-refractivity contribution in [3.63, 3.8) is 0 Å². The molecule has 1 saturated heterocycles. The summed E-state index contributed by atoms with van der Waals surface area (Å²) in [7, 11) is -3.47. The van der Waals surface area contributed by atoms with Crippen LogP contribution in [0.1, 0.15) is 13.3 Å². The van der Waals surface area contributed by atoms with E-state index in [-0.39, 0.29) is 10.9 Å². The first-order valence-electron chi connectivity index (χ1n) is 7.27. The highest BCUT2D eigenvalue weighted by molar-refractivity contribution is 7.89. The predicted molar refractivity (Wildman–Crippen MR) is 83.0 cm³/mol. The first-order chi connectivity index (χ1) is 10.1. The second-order valence-electron chi connectivity index (χ2n) is 5.00. The summed E-state index contributed by atoms with van der Waals surface area (Å²) in [6, 6.07) is 7.15. The van der Waals surface area contributed by atoms with Gasteiger partial charge in [0.25, 0.3) is 0 Å². The van der Waals surface area contributed by atoms with Crippen LogP contribution >= 0.6 is 0 Å². The first kappa shape index (κ1) is 16.2. The Kier molecular flexibility index (Phi) is 5.98. The number of ether oxygens (including phenoxy) is 1. The molecular weight excluding hydrogens is 290 g/mol. The highest BCUT2D eigenvalue weighted by Gasteiger charge is 2.18. The Morgan fingerprint density at radius 3 is 2.90 bits per heavy atom. The van der Waals surface area contributed by atoms with E-state index >= 15 is 0 Å². The van der Waals surface area contributed by atoms with E-state index in [9.17, 15) is 8.42 Å². The molecule has 1 aromatic rings. The molecule has 0 aromatic heterocycles. The summed E-state index contributed by atoms with van der Waals surface area (Å²) in [5, 5.41) is 6.53. The average molecular weight is 313 g/mol. The fraction of sp³-hybridized carbons (Fsp3) is 0.571. The van der Waals surface area contributed by atoms with Crippen molar-refractivity contribution in [2.45, 2.75) is 24.3 Å². The van der Waals surface area contributed by atoms with Gasteiger partial charge in [0.15, 0.2) is 0 Å². The summed E-state index contributed by atoms with van der Waals surface area (Å²) >= 11 is 0. The fourth-order valence-corrected chi connectivity index (χ4v) is 3.46. The molecule has 1 aliphatic rings. The van der Waals surface area contributed by atoms with Crippen LogP contribution in [0.25, 0.3) is 0 Å². The maximum atomic E-state index is 12.3. The standard InChI is InChI=1S/C14H23N3O3S/c1-2-7-17-21(18,19)14-6-4-3-5-13(14)16-10-12-11-20-9-8-15-12/h3-6,12,15-17H,2,7-11H2,1H3. The lowest BCUT2D eigenvalue weighted by molar-refractivity contribution is 0.0806. The monoisotopic (exact) mass is 313 g/mol. The molecule has 0 bridgehead atoms. The van der Waals surface area contributed by atoms with Crippen molar-refractivity contribution in [2.24, 2.45) is 0 Å². The van der Waals surface area contributed by atoms with Crippen molar-refractivity contribution < 1.29 is 13.2 Å². The van der Waals surface area contributed by atoms with Crippen molar-refractivity contribution in [1.82, 2.24) is 10.0 Å². The quantitative estimate of drug-likeness (QED) is 0.693. The molecule has 1 aromatic carbocycles. The molecule has 0 spiro atoms. The summed E-state index contributed by atoms with van der Waals surface area (Å²) < 4.78 is 32.5. The normalized spacial score (nSPS) is 19.4. The Bertz CT molecular complexity index is 542. The van der Waals surface area contributed by atoms with Gasteiger partial charge in [0.05, 0.1) is 18.9 Å². The minimum absolute atomic E-state index is 0.193. The van der Waals surface area contributed by atoms with Gasteiger partial charge in [-0.05, 0) is 18.6 Å². The minimum atomic E-state index is -3.47. The zero-order valence-corrected chi connectivity index (χ0v) is 13.1. The molecule has 3 N–H and O–H groups in total. The molecule has 1 heterocycles. The van der Waals surface area contributed by atoms with Crippen LogP contribution in [-0.4, -0.2) is 47.3 Å². The molecular formula is C14H23N3O3S. The van der Waals surface area contributed by atoms with Gasteiger partial charge in [-0.3, -0.25) is 0 Å². The molecule has 1 unspecified atom stereocenters. The molecule has 118 valence electrons. The van der Waals surface area contributed by atoms with Crippen molar-refractivity contribution in [1.29, 1.82) is 0 Å². The van der Waals surface area contributed by atoms with Crippen LogP contribution in [0.2, 0.25) is 0 Å². The number of benzene rings is 1. The van der Waals surface area contributed by atoms with Crippen molar-refractivity contribution in [3.8, 4) is 0 Å². The van der Waals surface area contributed by atoms with Gasteiger partial charge < -0.3 is 15.4 Å². The van der Waals surface area contributed by atoms with E-state index in [1.807, 2.05) is 13.0 Å². The first-order valence-corrected chi connectivity index (χ1v) is 8.75. The molecule has 2 rings (SSSR count). The SMILES string of the molecule is CCCNS(=O)(=O)c1ccccc1NCC1COCCN1. The van der Waals surface area contributed by atoms with Crippen LogP contribution in [0.15, 0.2) is 29.2 Å². The summed E-state index contributed by atoms with van der Waals surface area (Å²) in [6.07, 6.45) is 0.762. The average Bonchev–Trinajstić information content (AvgIpc) is 2.52. The molecule has 1 fully saturated rings. The molecule has 0 amide bonds. The van der Waals surface area contributed by atoms with Crippen molar-refractivity contribution in [2.75, 3.05) is 38.2 Å². The smallest absolute Gasteiger partial charge is 0.242 e. The number of para-hydroxylation sites is 1. The second kappa shape index (κ2) is 7.74. The number of rotatable bonds is 7. The Labute approximate surface area is 126 Å². The van der Waals surface area contributed by atoms with Gasteiger partial charge >= 0.3 is 0 Å². The molecule has 0 saturated carbocycles. The van der Waals surface area contributed by atoms with E-state index in [2.05, 4.69) is 15.4 Å². The largest absolute Gasteiger partial charge is 0.382 e. The molecule has 21 heavy (non-hydrogen) atoms. The summed E-state index contributed by atoms with van der Waals surface area (Å²) in [5.41, 5.74) is 0.619. The topological polar surface area (TPSA) is 79.5 Å². The van der Waals surface area contributed by atoms with Gasteiger partial charge in [0.1, 0.15) is 4.90 Å². The summed E-state index contributed by atoms with van der Waals surface area (Å²) in [6.45, 7) is 5.18. The van der Waals surface area contributed by atoms with Crippen LogP contribution in [0.4, 0.5) is 5.69 Å². The molecule has 1 atom stereocenters. The third-order valence-corrected chi connectivity index (χ3v) is 4.78. The molecule has 1 aliphatic heterocycles. The number of anilines is 1. The lowest BCUT2D eigenvalue weighted by atomic mass is 10.2. The van der Waals surface area contributed by atoms with Gasteiger partial charge in [-0.1, -0.05) is 19.1 Å². The molecule has 7 heteroatoms. The minimum Gasteiger partial charge on any atom is -0.382 e. The van der Waals surface area contributed by atoms with E-state index in [1.165, 1.54) is 0 Å². The molecule has 0 aliphatic carbocycles. The maximum Gasteiger partial charge on any atom is 0.242 e. The third-order valence-electron chi connectivity index (χ3n) is 3.26. The number of morpholine rings is 1. The Morgan fingerprint density at radius 1 is 1.38 bits per heavy atom. The van der Waals surface area contributed by atoms with Gasteiger partial charge in [-0.25, -0.2) is 13.1 Å². The number of sulfonamides is 1. The lowest BCUT2D eigenvalue weighted by Gasteiger charge is -2.24. The zero-order valence-electron chi connectivity index (χ0n) is 12.3. The van der Waals surface area contributed by atoms with Crippen LogP contribution in [-0.2, 0) is 14.8 Å². The van der Waals surface area contributed by atoms with Crippen LogP contribution in [0.3, 0.4) is 0 Å². The fourth-order valence-electron chi connectivity index (χ4n) is 2.15. The Balaban J connectivity index is 2.05. The second-order valence-corrected chi connectivity index (χ2v) is 6.74. The van der Waals surface area contributed by atoms with Gasteiger partial charge in [0.2, 0.25) is 10.0 Å². The Hall–Kier alpha value is -1.15. The van der Waals surface area contributed by atoms with Crippen LogP contribution in [0, 0.1) is 0 Å². The van der Waals surface area contributed by atoms with Crippen LogP contribution < -0.4 is 15.4 Å². The predicted octanol–water partition coefficient (Wildman–Crippen LogP) is 0.775. The number of hydrogen-bond donors (Lipinski definition) is 3. The van der Waals surface area contributed by atoms with E-state index < -0.39 is 10.0 Å². The summed E-state index contributed by atoms with van der Waals surface area (Å²) in [5.74, 6) is 0. The third kappa shape index (κ3) is 4.67. The molecule has 6 nitrogen and oxygen atoms in total. The van der Waals surface area contributed by atoms with E-state index in [4.69, 9.17) is 4.74 Å².